The highest BCUT2D eigenvalue weighted by molar-refractivity contribution is 5.33. The second-order valence-electron chi connectivity index (χ2n) is 4.03. The van der Waals surface area contributed by atoms with Gasteiger partial charge in [-0.3, -0.25) is 0 Å². The predicted octanol–water partition coefficient (Wildman–Crippen LogP) is 2.31. The molecule has 0 unspecified atom stereocenters. The number of rotatable bonds is 11. The number of hydrogen-bond donors (Lipinski definition) is 0. The minimum Gasteiger partial charge on any atom is -0.491 e. The number of para-hydroxylation sites is 1. The van der Waals surface area contributed by atoms with Crippen LogP contribution < -0.4 is 4.74 Å². The number of hydrogen-bond acceptors (Lipinski definition) is 4. The normalized spacial score (nSPS) is 10.6. The Kier molecular flexibility index (Phi) is 9.06. The molecule has 0 aliphatic carbocycles. The summed E-state index contributed by atoms with van der Waals surface area (Å²) in [6.45, 7) is 5.67. The van der Waals surface area contributed by atoms with E-state index in [0.29, 0.717) is 39.6 Å². The second-order valence-corrected chi connectivity index (χ2v) is 4.03. The van der Waals surface area contributed by atoms with Crippen molar-refractivity contribution in [2.75, 3.05) is 46.8 Å². The van der Waals surface area contributed by atoms with Crippen LogP contribution in [0.25, 0.3) is 0 Å². The Morgan fingerprint density at radius 3 is 2.16 bits per heavy atom. The van der Waals surface area contributed by atoms with Gasteiger partial charge in [0.2, 0.25) is 0 Å². The SMILES string of the molecule is CCc1ccccc1OCCOCCOCCOC. The van der Waals surface area contributed by atoms with E-state index in [0.717, 1.165) is 12.2 Å². The van der Waals surface area contributed by atoms with Gasteiger partial charge in [-0.2, -0.15) is 0 Å². The molecule has 1 rings (SSSR count). The van der Waals surface area contributed by atoms with Crippen LogP contribution in [0.1, 0.15) is 12.5 Å². The van der Waals surface area contributed by atoms with Gasteiger partial charge in [0, 0.05) is 7.11 Å². The molecule has 0 saturated carbocycles. The summed E-state index contributed by atoms with van der Waals surface area (Å²) in [5.41, 5.74) is 1.23. The third kappa shape index (κ3) is 7.15. The third-order valence-corrected chi connectivity index (χ3v) is 2.64. The molecule has 0 aliphatic heterocycles. The lowest BCUT2D eigenvalue weighted by molar-refractivity contribution is 0.0179. The van der Waals surface area contributed by atoms with Gasteiger partial charge >= 0.3 is 0 Å². The lowest BCUT2D eigenvalue weighted by Crippen LogP contribution is -2.12. The van der Waals surface area contributed by atoms with Crippen molar-refractivity contribution in [2.24, 2.45) is 0 Å². The molecule has 108 valence electrons. The van der Waals surface area contributed by atoms with Gasteiger partial charge in [0.25, 0.3) is 0 Å². The zero-order valence-electron chi connectivity index (χ0n) is 11.9. The van der Waals surface area contributed by atoms with Crippen LogP contribution in [0.5, 0.6) is 5.75 Å². The molecule has 19 heavy (non-hydrogen) atoms. The minimum absolute atomic E-state index is 0.565. The van der Waals surface area contributed by atoms with E-state index < -0.39 is 0 Å². The van der Waals surface area contributed by atoms with Crippen molar-refractivity contribution in [2.45, 2.75) is 13.3 Å². The van der Waals surface area contributed by atoms with E-state index in [1.165, 1.54) is 5.56 Å². The molecule has 0 radical (unpaired) electrons. The molecular weight excluding hydrogens is 244 g/mol. The van der Waals surface area contributed by atoms with Gasteiger partial charge in [-0.05, 0) is 18.1 Å². The Hall–Kier alpha value is -1.10. The molecule has 0 spiro atoms. The first-order chi connectivity index (χ1) is 9.38. The predicted molar refractivity (Wildman–Crippen MR) is 74.8 cm³/mol. The molecule has 0 bridgehead atoms. The summed E-state index contributed by atoms with van der Waals surface area (Å²) in [6.07, 6.45) is 0.977. The summed E-state index contributed by atoms with van der Waals surface area (Å²) in [4.78, 5) is 0. The van der Waals surface area contributed by atoms with Gasteiger partial charge in [-0.1, -0.05) is 25.1 Å². The highest BCUT2D eigenvalue weighted by Crippen LogP contribution is 2.17. The Morgan fingerprint density at radius 1 is 0.842 bits per heavy atom. The Balaban J connectivity index is 2.01. The Bertz CT molecular complexity index is 328. The second kappa shape index (κ2) is 10.8. The summed E-state index contributed by atoms with van der Waals surface area (Å²) in [5, 5.41) is 0. The van der Waals surface area contributed by atoms with Crippen molar-refractivity contribution in [3.05, 3.63) is 29.8 Å². The highest BCUT2D eigenvalue weighted by atomic mass is 16.6. The fourth-order valence-corrected chi connectivity index (χ4v) is 1.61. The summed E-state index contributed by atoms with van der Waals surface area (Å²) in [7, 11) is 1.66. The highest BCUT2D eigenvalue weighted by Gasteiger charge is 1.99. The van der Waals surface area contributed by atoms with Crippen LogP contribution in [0.4, 0.5) is 0 Å². The summed E-state index contributed by atoms with van der Waals surface area (Å²) in [6, 6.07) is 8.09. The van der Waals surface area contributed by atoms with E-state index in [1.807, 2.05) is 18.2 Å². The van der Waals surface area contributed by atoms with Crippen molar-refractivity contribution in [1.29, 1.82) is 0 Å². The van der Waals surface area contributed by atoms with Gasteiger partial charge in [-0.15, -0.1) is 0 Å². The molecule has 0 N–H and O–H groups in total. The van der Waals surface area contributed by atoms with E-state index in [4.69, 9.17) is 18.9 Å². The zero-order valence-corrected chi connectivity index (χ0v) is 11.9. The molecule has 0 fully saturated rings. The molecule has 0 heterocycles. The molecule has 4 nitrogen and oxygen atoms in total. The van der Waals surface area contributed by atoms with Gasteiger partial charge in [0.05, 0.1) is 33.0 Å². The van der Waals surface area contributed by atoms with Gasteiger partial charge in [0.15, 0.2) is 0 Å². The Morgan fingerprint density at radius 2 is 1.47 bits per heavy atom. The maximum atomic E-state index is 5.69. The number of ether oxygens (including phenoxy) is 4. The third-order valence-electron chi connectivity index (χ3n) is 2.64. The lowest BCUT2D eigenvalue weighted by atomic mass is 10.1. The largest absolute Gasteiger partial charge is 0.491 e. The minimum atomic E-state index is 0.565. The van der Waals surface area contributed by atoms with Gasteiger partial charge in [0.1, 0.15) is 12.4 Å². The average molecular weight is 268 g/mol. The van der Waals surface area contributed by atoms with E-state index in [-0.39, 0.29) is 0 Å². The van der Waals surface area contributed by atoms with Crippen LogP contribution in [-0.2, 0) is 20.6 Å². The van der Waals surface area contributed by atoms with Crippen molar-refractivity contribution in [3.8, 4) is 5.75 Å². The van der Waals surface area contributed by atoms with Crippen LogP contribution >= 0.6 is 0 Å². The van der Waals surface area contributed by atoms with Crippen LogP contribution in [0.3, 0.4) is 0 Å². The standard InChI is InChI=1S/C15H24O4/c1-3-14-6-4-5-7-15(14)19-13-12-18-11-10-17-9-8-16-2/h4-7H,3,8-13H2,1-2H3. The smallest absolute Gasteiger partial charge is 0.122 e. The lowest BCUT2D eigenvalue weighted by Gasteiger charge is -2.10. The fourth-order valence-electron chi connectivity index (χ4n) is 1.61. The van der Waals surface area contributed by atoms with E-state index in [2.05, 4.69) is 13.0 Å². The molecule has 0 saturated heterocycles. The molecular formula is C15H24O4. The molecule has 0 aromatic heterocycles. The average Bonchev–Trinajstić information content (AvgIpc) is 2.46. The van der Waals surface area contributed by atoms with Crippen LogP contribution in [0.2, 0.25) is 0 Å². The molecule has 1 aromatic rings. The Labute approximate surface area is 115 Å². The first kappa shape index (κ1) is 16.0. The quantitative estimate of drug-likeness (QED) is 0.577. The topological polar surface area (TPSA) is 36.9 Å². The summed E-state index contributed by atoms with van der Waals surface area (Å²) in [5.74, 6) is 0.949. The zero-order chi connectivity index (χ0) is 13.8. The molecule has 0 atom stereocenters. The fraction of sp³-hybridized carbons (Fsp3) is 0.600. The van der Waals surface area contributed by atoms with Crippen molar-refractivity contribution < 1.29 is 18.9 Å². The first-order valence-corrected chi connectivity index (χ1v) is 6.73. The van der Waals surface area contributed by atoms with Gasteiger partial charge in [-0.25, -0.2) is 0 Å². The molecule has 0 amide bonds. The van der Waals surface area contributed by atoms with Crippen LogP contribution in [0, 0.1) is 0 Å². The van der Waals surface area contributed by atoms with Gasteiger partial charge < -0.3 is 18.9 Å². The van der Waals surface area contributed by atoms with E-state index in [9.17, 15) is 0 Å². The molecule has 4 heteroatoms. The van der Waals surface area contributed by atoms with Crippen molar-refractivity contribution in [1.82, 2.24) is 0 Å². The first-order valence-electron chi connectivity index (χ1n) is 6.73. The maximum Gasteiger partial charge on any atom is 0.122 e. The van der Waals surface area contributed by atoms with E-state index >= 15 is 0 Å². The number of benzene rings is 1. The summed E-state index contributed by atoms with van der Waals surface area (Å²) >= 11 is 0. The van der Waals surface area contributed by atoms with Crippen LogP contribution in [0.15, 0.2) is 24.3 Å². The van der Waals surface area contributed by atoms with Crippen molar-refractivity contribution in [3.63, 3.8) is 0 Å². The van der Waals surface area contributed by atoms with Crippen LogP contribution in [-0.4, -0.2) is 46.8 Å². The molecule has 0 aliphatic rings. The maximum absolute atomic E-state index is 5.69. The van der Waals surface area contributed by atoms with Crippen molar-refractivity contribution >= 4 is 0 Å². The number of aryl methyl sites for hydroxylation is 1. The number of methoxy groups -OCH3 is 1. The molecule has 1 aromatic carbocycles. The monoisotopic (exact) mass is 268 g/mol. The summed E-state index contributed by atoms with van der Waals surface area (Å²) < 4.78 is 21.3. The van der Waals surface area contributed by atoms with E-state index in [1.54, 1.807) is 7.11 Å².